The molecule has 4 heterocycles. The summed E-state index contributed by atoms with van der Waals surface area (Å²) in [4.78, 5) is 29.0. The summed E-state index contributed by atoms with van der Waals surface area (Å²) in [6, 6.07) is 3.19. The summed E-state index contributed by atoms with van der Waals surface area (Å²) in [5.74, 6) is -0.454. The van der Waals surface area contributed by atoms with Crippen LogP contribution in [-0.4, -0.2) is 75.5 Å². The van der Waals surface area contributed by atoms with Gasteiger partial charge in [-0.1, -0.05) is 11.2 Å². The highest BCUT2D eigenvalue weighted by molar-refractivity contribution is 5.67. The highest BCUT2D eigenvalue weighted by Crippen LogP contribution is 2.31. The molecule has 2 aromatic heterocycles. The van der Waals surface area contributed by atoms with Crippen molar-refractivity contribution in [1.82, 2.24) is 25.0 Å². The molecule has 1 amide bonds. The molecule has 3 unspecified atom stereocenters. The zero-order chi connectivity index (χ0) is 28.4. The minimum absolute atomic E-state index is 0.0462. The van der Waals surface area contributed by atoms with Crippen molar-refractivity contribution in [2.75, 3.05) is 31.1 Å². The Kier molecular flexibility index (Phi) is 8.22. The molecule has 2 aliphatic rings. The largest absolute Gasteiger partial charge is 0.447 e. The third kappa shape index (κ3) is 6.20. The van der Waals surface area contributed by atoms with E-state index in [9.17, 15) is 13.6 Å². The van der Waals surface area contributed by atoms with E-state index in [2.05, 4.69) is 20.1 Å². The summed E-state index contributed by atoms with van der Waals surface area (Å²) in [6.45, 7) is 7.45. The van der Waals surface area contributed by atoms with E-state index in [0.29, 0.717) is 67.8 Å². The van der Waals surface area contributed by atoms with Crippen LogP contribution in [-0.2, 0) is 9.47 Å². The average molecular weight is 558 g/mol. The van der Waals surface area contributed by atoms with Gasteiger partial charge in [0, 0.05) is 56.6 Å². The Morgan fingerprint density at radius 2 is 1.85 bits per heavy atom. The number of ether oxygens (including phenoxy) is 2. The molecule has 2 aliphatic heterocycles. The second-order valence-electron chi connectivity index (χ2n) is 10.5. The maximum absolute atomic E-state index is 14.3. The van der Waals surface area contributed by atoms with Gasteiger partial charge in [0.15, 0.2) is 0 Å². The van der Waals surface area contributed by atoms with Crippen LogP contribution in [0.2, 0.25) is 0 Å². The lowest BCUT2D eigenvalue weighted by molar-refractivity contribution is -0.0475. The molecule has 0 spiro atoms. The van der Waals surface area contributed by atoms with Crippen LogP contribution in [0.4, 0.5) is 19.5 Å². The highest BCUT2D eigenvalue weighted by atomic mass is 19.1. The molecule has 11 nitrogen and oxygen atoms in total. The average Bonchev–Trinajstić information content (AvgIpc) is 3.56. The van der Waals surface area contributed by atoms with Gasteiger partial charge < -0.3 is 29.5 Å². The van der Waals surface area contributed by atoms with Gasteiger partial charge in [-0.25, -0.2) is 23.5 Å². The molecular formula is C27H33F2N7O4. The van der Waals surface area contributed by atoms with Gasteiger partial charge in [0.05, 0.1) is 17.8 Å². The number of nitrogens with two attached hydrogens (primary N) is 1. The van der Waals surface area contributed by atoms with Gasteiger partial charge in [-0.3, -0.25) is 0 Å². The van der Waals surface area contributed by atoms with E-state index < -0.39 is 17.7 Å². The maximum Gasteiger partial charge on any atom is 0.410 e. The van der Waals surface area contributed by atoms with Crippen molar-refractivity contribution in [3.8, 4) is 11.4 Å². The third-order valence-electron chi connectivity index (χ3n) is 7.13. The summed E-state index contributed by atoms with van der Waals surface area (Å²) in [5, 5.41) is 4.05. The molecular weight excluding hydrogens is 524 g/mol. The number of halogens is 2. The number of piperidine rings is 1. The van der Waals surface area contributed by atoms with Crippen molar-refractivity contribution in [3.05, 3.63) is 53.7 Å². The molecule has 0 saturated carbocycles. The number of anilines is 1. The van der Waals surface area contributed by atoms with Crippen LogP contribution in [0, 0.1) is 11.6 Å². The van der Waals surface area contributed by atoms with Crippen LogP contribution in [0.15, 0.2) is 35.1 Å². The molecule has 0 aliphatic carbocycles. The van der Waals surface area contributed by atoms with Crippen LogP contribution in [0.1, 0.15) is 57.1 Å². The zero-order valence-corrected chi connectivity index (χ0v) is 22.7. The van der Waals surface area contributed by atoms with Gasteiger partial charge in [0.2, 0.25) is 11.8 Å². The van der Waals surface area contributed by atoms with E-state index in [1.54, 1.807) is 17.3 Å². The summed E-state index contributed by atoms with van der Waals surface area (Å²) >= 11 is 0. The van der Waals surface area contributed by atoms with Crippen molar-refractivity contribution in [3.63, 3.8) is 0 Å². The maximum atomic E-state index is 14.3. The van der Waals surface area contributed by atoms with Gasteiger partial charge in [-0.05, 0) is 45.2 Å². The molecule has 2 saturated heterocycles. The molecule has 1 aromatic carbocycles. The lowest BCUT2D eigenvalue weighted by atomic mass is 9.94. The number of rotatable bonds is 7. The smallest absolute Gasteiger partial charge is 0.410 e. The molecule has 214 valence electrons. The Bertz CT molecular complexity index is 1310. The van der Waals surface area contributed by atoms with Crippen molar-refractivity contribution >= 4 is 12.0 Å². The van der Waals surface area contributed by atoms with E-state index in [4.69, 9.17) is 19.7 Å². The van der Waals surface area contributed by atoms with Gasteiger partial charge in [0.25, 0.3) is 5.89 Å². The molecule has 3 aromatic rings. The van der Waals surface area contributed by atoms with Gasteiger partial charge in [-0.15, -0.1) is 0 Å². The quantitative estimate of drug-likeness (QED) is 0.457. The minimum Gasteiger partial charge on any atom is -0.447 e. The van der Waals surface area contributed by atoms with Gasteiger partial charge in [0.1, 0.15) is 17.7 Å². The Balaban J connectivity index is 1.16. The fourth-order valence-electron chi connectivity index (χ4n) is 5.04. The lowest BCUT2D eigenvalue weighted by Gasteiger charge is -2.32. The van der Waals surface area contributed by atoms with Crippen molar-refractivity contribution in [1.29, 1.82) is 0 Å². The summed E-state index contributed by atoms with van der Waals surface area (Å²) in [6.07, 6.45) is 3.61. The number of aromatic nitrogens is 4. The Hall–Kier alpha value is -3.71. The number of amides is 1. The molecule has 0 bridgehead atoms. The summed E-state index contributed by atoms with van der Waals surface area (Å²) in [7, 11) is 0. The SMILES string of the molecule is CC(C)OC(=O)N1CCC(OC(C)c2nc(-c3cnc(N4CC(N)C(c5ccc(F)cc5F)C4)nc3)no2)CC1. The predicted octanol–water partition coefficient (Wildman–Crippen LogP) is 3.82. The first kappa shape index (κ1) is 27.8. The standard InChI is InChI=1S/C27H33F2N7O4/c1-15(2)38-27(37)35-8-6-19(7-9-35)39-16(3)25-33-24(34-40-25)17-11-31-26(32-12-17)36-13-21(23(30)14-36)20-5-4-18(28)10-22(20)29/h4-5,10-12,15-16,19,21,23H,6-9,13-14,30H2,1-3H3. The van der Waals surface area contributed by atoms with Crippen LogP contribution in [0.3, 0.4) is 0 Å². The summed E-state index contributed by atoms with van der Waals surface area (Å²) in [5.41, 5.74) is 7.22. The number of hydrogen-bond donors (Lipinski definition) is 1. The molecule has 2 N–H and O–H groups in total. The third-order valence-corrected chi connectivity index (χ3v) is 7.13. The Morgan fingerprint density at radius 1 is 1.12 bits per heavy atom. The van der Waals surface area contributed by atoms with Crippen LogP contribution in [0.5, 0.6) is 0 Å². The molecule has 13 heteroatoms. The van der Waals surface area contributed by atoms with Crippen molar-refractivity contribution in [2.45, 2.75) is 63.9 Å². The number of hydrogen-bond acceptors (Lipinski definition) is 10. The van der Waals surface area contributed by atoms with Crippen LogP contribution in [0.25, 0.3) is 11.4 Å². The molecule has 40 heavy (non-hydrogen) atoms. The first-order valence-electron chi connectivity index (χ1n) is 13.4. The van der Waals surface area contributed by atoms with Crippen molar-refractivity contribution < 1.29 is 27.6 Å². The van der Waals surface area contributed by atoms with Crippen molar-refractivity contribution in [2.24, 2.45) is 5.73 Å². The number of benzene rings is 1. The Morgan fingerprint density at radius 3 is 2.52 bits per heavy atom. The van der Waals surface area contributed by atoms with Gasteiger partial charge in [-0.2, -0.15) is 4.98 Å². The first-order valence-corrected chi connectivity index (χ1v) is 13.4. The monoisotopic (exact) mass is 557 g/mol. The second kappa shape index (κ2) is 11.8. The number of nitrogens with zero attached hydrogens (tertiary/aromatic N) is 6. The zero-order valence-electron chi connectivity index (χ0n) is 22.7. The molecule has 2 fully saturated rings. The minimum atomic E-state index is -0.625. The normalized spacial score (nSPS) is 20.8. The fourth-order valence-corrected chi connectivity index (χ4v) is 5.04. The number of carbonyl (C=O) groups excluding carboxylic acids is 1. The Labute approximate surface area is 230 Å². The van der Waals surface area contributed by atoms with E-state index in [0.717, 1.165) is 6.07 Å². The van der Waals surface area contributed by atoms with E-state index in [-0.39, 0.29) is 30.3 Å². The number of carbonyl (C=O) groups is 1. The first-order chi connectivity index (χ1) is 19.2. The predicted molar refractivity (Wildman–Crippen MR) is 140 cm³/mol. The van der Waals surface area contributed by atoms with E-state index in [1.807, 2.05) is 25.7 Å². The van der Waals surface area contributed by atoms with E-state index in [1.165, 1.54) is 12.1 Å². The molecule has 3 atom stereocenters. The highest BCUT2D eigenvalue weighted by Gasteiger charge is 2.34. The topological polar surface area (TPSA) is 133 Å². The molecule has 0 radical (unpaired) electrons. The second-order valence-corrected chi connectivity index (χ2v) is 10.5. The fraction of sp³-hybridized carbons (Fsp3) is 0.519. The van der Waals surface area contributed by atoms with E-state index >= 15 is 0 Å². The number of likely N-dealkylation sites (tertiary alicyclic amines) is 1. The lowest BCUT2D eigenvalue weighted by Crippen LogP contribution is -2.42. The molecule has 5 rings (SSSR count). The van der Waals surface area contributed by atoms with Gasteiger partial charge >= 0.3 is 6.09 Å². The van der Waals surface area contributed by atoms with Crippen LogP contribution < -0.4 is 10.6 Å². The summed E-state index contributed by atoms with van der Waals surface area (Å²) < 4.78 is 44.5. The van der Waals surface area contributed by atoms with Crippen LogP contribution >= 0.6 is 0 Å².